The number of aromatic nitrogens is 2. The van der Waals surface area contributed by atoms with Crippen LogP contribution in [0.5, 0.6) is 0 Å². The Hall–Kier alpha value is -1.55. The molecule has 4 heteroatoms. The minimum Gasteiger partial charge on any atom is -0.294 e. The van der Waals surface area contributed by atoms with Crippen LogP contribution in [0, 0.1) is 13.8 Å². The fourth-order valence-corrected chi connectivity index (χ4v) is 2.17. The minimum atomic E-state index is 0.105. The number of hydrogen-bond donors (Lipinski definition) is 0. The van der Waals surface area contributed by atoms with Crippen molar-refractivity contribution in [2.45, 2.75) is 20.3 Å². The zero-order chi connectivity index (χ0) is 11.5. The van der Waals surface area contributed by atoms with E-state index in [2.05, 4.69) is 10.2 Å². The van der Waals surface area contributed by atoms with E-state index < -0.39 is 0 Å². The number of hydrogen-bond acceptors (Lipinski definition) is 4. The molecule has 0 bridgehead atoms. The molecule has 0 fully saturated rings. The third-order valence-electron chi connectivity index (χ3n) is 2.35. The molecule has 0 amide bonds. The van der Waals surface area contributed by atoms with Crippen molar-refractivity contribution in [3.05, 3.63) is 45.4 Å². The van der Waals surface area contributed by atoms with Gasteiger partial charge in [0, 0.05) is 12.0 Å². The average Bonchev–Trinajstić information content (AvgIpc) is 2.74. The summed E-state index contributed by atoms with van der Waals surface area (Å²) >= 11 is 1.60. The molecule has 0 saturated heterocycles. The molecule has 0 spiro atoms. The second-order valence-electron chi connectivity index (χ2n) is 3.72. The van der Waals surface area contributed by atoms with Crippen LogP contribution in [-0.4, -0.2) is 16.0 Å². The van der Waals surface area contributed by atoms with Gasteiger partial charge in [0.1, 0.15) is 0 Å². The van der Waals surface area contributed by atoms with Crippen molar-refractivity contribution in [3.63, 3.8) is 0 Å². The summed E-state index contributed by atoms with van der Waals surface area (Å²) in [6, 6.07) is 3.77. The van der Waals surface area contributed by atoms with Crippen molar-refractivity contribution in [2.24, 2.45) is 0 Å². The van der Waals surface area contributed by atoms with Crippen LogP contribution in [0.3, 0.4) is 0 Å². The predicted molar refractivity (Wildman–Crippen MR) is 63.9 cm³/mol. The number of carbonyl (C=O) groups is 1. The zero-order valence-electron chi connectivity index (χ0n) is 9.23. The van der Waals surface area contributed by atoms with Crippen LogP contribution in [0.1, 0.15) is 27.3 Å². The second-order valence-corrected chi connectivity index (χ2v) is 4.50. The van der Waals surface area contributed by atoms with Crippen molar-refractivity contribution in [1.29, 1.82) is 0 Å². The fraction of sp³-hybridized carbons (Fsp3) is 0.250. The molecule has 0 aromatic carbocycles. The highest BCUT2D eigenvalue weighted by Gasteiger charge is 2.11. The molecule has 0 aliphatic heterocycles. The zero-order valence-corrected chi connectivity index (χ0v) is 10.0. The first-order valence-electron chi connectivity index (χ1n) is 5.02. The SMILES string of the molecule is Cc1cc(C(=O)Cc2ccsc2)c(C)nn1. The van der Waals surface area contributed by atoms with Gasteiger partial charge in [-0.25, -0.2) is 0 Å². The van der Waals surface area contributed by atoms with Crippen molar-refractivity contribution in [1.82, 2.24) is 10.2 Å². The maximum absolute atomic E-state index is 12.0. The van der Waals surface area contributed by atoms with Gasteiger partial charge in [0.15, 0.2) is 5.78 Å². The number of rotatable bonds is 3. The summed E-state index contributed by atoms with van der Waals surface area (Å²) in [6.45, 7) is 3.65. The Bertz CT molecular complexity index is 506. The molecular weight excluding hydrogens is 220 g/mol. The lowest BCUT2D eigenvalue weighted by Crippen LogP contribution is -2.08. The lowest BCUT2D eigenvalue weighted by Gasteiger charge is -2.03. The lowest BCUT2D eigenvalue weighted by molar-refractivity contribution is 0.0992. The van der Waals surface area contributed by atoms with Crippen molar-refractivity contribution in [2.75, 3.05) is 0 Å². The third kappa shape index (κ3) is 2.33. The highest BCUT2D eigenvalue weighted by Crippen LogP contribution is 2.12. The van der Waals surface area contributed by atoms with Gasteiger partial charge < -0.3 is 0 Å². The smallest absolute Gasteiger partial charge is 0.169 e. The molecule has 0 radical (unpaired) electrons. The molecule has 16 heavy (non-hydrogen) atoms. The van der Waals surface area contributed by atoms with E-state index in [1.165, 1.54) is 0 Å². The van der Waals surface area contributed by atoms with Gasteiger partial charge in [-0.05, 0) is 42.3 Å². The molecule has 2 aromatic heterocycles. The summed E-state index contributed by atoms with van der Waals surface area (Å²) < 4.78 is 0. The Balaban J connectivity index is 2.24. The van der Waals surface area contributed by atoms with Crippen molar-refractivity contribution in [3.8, 4) is 0 Å². The lowest BCUT2D eigenvalue weighted by atomic mass is 10.0. The first-order valence-corrected chi connectivity index (χ1v) is 5.96. The minimum absolute atomic E-state index is 0.105. The Kier molecular flexibility index (Phi) is 3.10. The quantitative estimate of drug-likeness (QED) is 0.764. The number of Topliss-reactive ketones (excluding diaryl/α,β-unsaturated/α-hetero) is 1. The maximum Gasteiger partial charge on any atom is 0.169 e. The van der Waals surface area contributed by atoms with Gasteiger partial charge in [-0.15, -0.1) is 0 Å². The van der Waals surface area contributed by atoms with E-state index in [0.717, 1.165) is 11.3 Å². The molecule has 2 heterocycles. The molecule has 0 aliphatic carbocycles. The Morgan fingerprint density at radius 3 is 2.88 bits per heavy atom. The third-order valence-corrected chi connectivity index (χ3v) is 3.08. The van der Waals surface area contributed by atoms with Gasteiger partial charge >= 0.3 is 0 Å². The van der Waals surface area contributed by atoms with Gasteiger partial charge in [-0.3, -0.25) is 4.79 Å². The van der Waals surface area contributed by atoms with E-state index in [-0.39, 0.29) is 5.78 Å². The summed E-state index contributed by atoms with van der Waals surface area (Å²) in [5.41, 5.74) is 3.22. The predicted octanol–water partition coefficient (Wildman–Crippen LogP) is 2.58. The molecule has 2 aromatic rings. The van der Waals surface area contributed by atoms with Crippen LogP contribution in [-0.2, 0) is 6.42 Å². The van der Waals surface area contributed by atoms with E-state index in [9.17, 15) is 4.79 Å². The number of carbonyl (C=O) groups excluding carboxylic acids is 1. The normalized spacial score (nSPS) is 10.4. The number of aryl methyl sites for hydroxylation is 2. The van der Waals surface area contributed by atoms with E-state index in [1.54, 1.807) is 17.4 Å². The summed E-state index contributed by atoms with van der Waals surface area (Å²) in [5, 5.41) is 11.9. The van der Waals surface area contributed by atoms with Crippen LogP contribution in [0.25, 0.3) is 0 Å². The first kappa shape index (κ1) is 11.0. The number of ketones is 1. The summed E-state index contributed by atoms with van der Waals surface area (Å²) in [7, 11) is 0. The van der Waals surface area contributed by atoms with Gasteiger partial charge in [-0.2, -0.15) is 21.5 Å². The molecule has 0 saturated carbocycles. The molecular formula is C12H12N2OS. The van der Waals surface area contributed by atoms with Crippen LogP contribution < -0.4 is 0 Å². The van der Waals surface area contributed by atoms with Gasteiger partial charge in [0.25, 0.3) is 0 Å². The fourth-order valence-electron chi connectivity index (χ4n) is 1.51. The summed E-state index contributed by atoms with van der Waals surface area (Å²) in [6.07, 6.45) is 0.440. The van der Waals surface area contributed by atoms with Crippen molar-refractivity contribution < 1.29 is 4.79 Å². The van der Waals surface area contributed by atoms with E-state index >= 15 is 0 Å². The van der Waals surface area contributed by atoms with Crippen LogP contribution in [0.4, 0.5) is 0 Å². The topological polar surface area (TPSA) is 42.9 Å². The second kappa shape index (κ2) is 4.53. The Labute approximate surface area is 98.2 Å². The Morgan fingerprint density at radius 1 is 1.38 bits per heavy atom. The summed E-state index contributed by atoms with van der Waals surface area (Å²) in [4.78, 5) is 12.0. The average molecular weight is 232 g/mol. The number of thiophene rings is 1. The molecule has 3 nitrogen and oxygen atoms in total. The van der Waals surface area contributed by atoms with Crippen LogP contribution in [0.2, 0.25) is 0 Å². The highest BCUT2D eigenvalue weighted by molar-refractivity contribution is 7.08. The molecule has 0 atom stereocenters. The maximum atomic E-state index is 12.0. The molecule has 0 unspecified atom stereocenters. The monoisotopic (exact) mass is 232 g/mol. The Morgan fingerprint density at radius 2 is 2.19 bits per heavy atom. The van der Waals surface area contributed by atoms with Crippen molar-refractivity contribution >= 4 is 17.1 Å². The van der Waals surface area contributed by atoms with Crippen LogP contribution >= 0.6 is 11.3 Å². The van der Waals surface area contributed by atoms with Crippen LogP contribution in [0.15, 0.2) is 22.9 Å². The van der Waals surface area contributed by atoms with E-state index in [1.807, 2.05) is 30.7 Å². The van der Waals surface area contributed by atoms with E-state index in [4.69, 9.17) is 0 Å². The van der Waals surface area contributed by atoms with Gasteiger partial charge in [0.05, 0.1) is 11.4 Å². The largest absolute Gasteiger partial charge is 0.294 e. The number of nitrogens with zero attached hydrogens (tertiary/aromatic N) is 2. The highest BCUT2D eigenvalue weighted by atomic mass is 32.1. The molecule has 0 aliphatic rings. The molecule has 82 valence electrons. The standard InChI is InChI=1S/C12H12N2OS/c1-8-5-11(9(2)14-13-8)12(15)6-10-3-4-16-7-10/h3-5,7H,6H2,1-2H3. The molecule has 0 N–H and O–H groups in total. The van der Waals surface area contributed by atoms with Gasteiger partial charge in [-0.1, -0.05) is 0 Å². The molecule has 2 rings (SSSR count). The van der Waals surface area contributed by atoms with Gasteiger partial charge in [0.2, 0.25) is 0 Å². The first-order chi connectivity index (χ1) is 7.66. The summed E-state index contributed by atoms with van der Waals surface area (Å²) in [5.74, 6) is 0.105. The van der Waals surface area contributed by atoms with E-state index in [0.29, 0.717) is 17.7 Å².